The summed E-state index contributed by atoms with van der Waals surface area (Å²) in [5.41, 5.74) is 3.09. The number of hydrogen-bond donors (Lipinski definition) is 0. The van der Waals surface area contributed by atoms with E-state index in [1.807, 2.05) is 43.3 Å². The van der Waals surface area contributed by atoms with Gasteiger partial charge in [-0.25, -0.2) is 9.79 Å². The molecule has 1 atom stereocenters. The van der Waals surface area contributed by atoms with Gasteiger partial charge < -0.3 is 9.64 Å². The van der Waals surface area contributed by atoms with Crippen molar-refractivity contribution in [2.24, 2.45) is 4.99 Å². The molecule has 0 radical (unpaired) electrons. The maximum absolute atomic E-state index is 13.6. The lowest BCUT2D eigenvalue weighted by Gasteiger charge is -2.25. The quantitative estimate of drug-likeness (QED) is 0.478. The van der Waals surface area contributed by atoms with E-state index in [2.05, 4.69) is 4.99 Å². The monoisotopic (exact) mass is 515 g/mol. The van der Waals surface area contributed by atoms with Crippen LogP contribution in [0.5, 0.6) is 0 Å². The van der Waals surface area contributed by atoms with Gasteiger partial charge in [0.2, 0.25) is 0 Å². The van der Waals surface area contributed by atoms with Crippen molar-refractivity contribution in [3.8, 4) is 0 Å². The summed E-state index contributed by atoms with van der Waals surface area (Å²) < 4.78 is 7.35. The fourth-order valence-electron chi connectivity index (χ4n) is 3.82. The van der Waals surface area contributed by atoms with Crippen molar-refractivity contribution in [1.29, 1.82) is 0 Å². The van der Waals surface area contributed by atoms with Crippen LogP contribution in [-0.2, 0) is 9.53 Å². The molecule has 0 aliphatic carbocycles. The van der Waals surface area contributed by atoms with Crippen molar-refractivity contribution < 1.29 is 9.53 Å². The Bertz CT molecular complexity index is 1470. The number of nitrogens with zero attached hydrogens (tertiary/aromatic N) is 3. The molecule has 1 aliphatic rings. The first-order chi connectivity index (χ1) is 16.2. The number of rotatable bonds is 5. The zero-order valence-electron chi connectivity index (χ0n) is 19.1. The molecule has 1 aliphatic heterocycles. The second kappa shape index (κ2) is 9.78. The lowest BCUT2D eigenvalue weighted by atomic mass is 9.95. The molecule has 0 saturated carbocycles. The summed E-state index contributed by atoms with van der Waals surface area (Å²) in [7, 11) is 3.90. The Labute approximate surface area is 211 Å². The van der Waals surface area contributed by atoms with Gasteiger partial charge in [-0.05, 0) is 55.3 Å². The Balaban J connectivity index is 1.94. The van der Waals surface area contributed by atoms with Gasteiger partial charge >= 0.3 is 5.97 Å². The molecule has 2 heterocycles. The van der Waals surface area contributed by atoms with Crippen molar-refractivity contribution in [2.45, 2.75) is 19.9 Å². The lowest BCUT2D eigenvalue weighted by molar-refractivity contribution is -0.139. The molecule has 34 heavy (non-hydrogen) atoms. The molecule has 9 heteroatoms. The molecule has 1 aromatic heterocycles. The van der Waals surface area contributed by atoms with Gasteiger partial charge in [0.1, 0.15) is 0 Å². The number of carbonyl (C=O) groups is 1. The average molecular weight is 516 g/mol. The van der Waals surface area contributed by atoms with Crippen LogP contribution in [-0.4, -0.2) is 31.2 Å². The smallest absolute Gasteiger partial charge is 0.338 e. The number of halogens is 2. The molecular formula is C25H23Cl2N3O3S. The van der Waals surface area contributed by atoms with Crippen molar-refractivity contribution >= 4 is 52.3 Å². The number of esters is 1. The first-order valence-electron chi connectivity index (χ1n) is 10.6. The molecule has 2 aromatic carbocycles. The number of fused-ring (bicyclic) bond motifs is 1. The van der Waals surface area contributed by atoms with Gasteiger partial charge in [0.15, 0.2) is 4.80 Å². The van der Waals surface area contributed by atoms with E-state index >= 15 is 0 Å². The Hall–Kier alpha value is -2.87. The largest absolute Gasteiger partial charge is 0.463 e. The number of aromatic nitrogens is 1. The van der Waals surface area contributed by atoms with E-state index in [1.165, 1.54) is 11.3 Å². The van der Waals surface area contributed by atoms with E-state index in [9.17, 15) is 9.59 Å². The highest BCUT2D eigenvalue weighted by atomic mass is 35.5. The highest BCUT2D eigenvalue weighted by Crippen LogP contribution is 2.31. The van der Waals surface area contributed by atoms with Gasteiger partial charge in [-0.1, -0.05) is 52.7 Å². The van der Waals surface area contributed by atoms with Gasteiger partial charge in [-0.3, -0.25) is 9.36 Å². The van der Waals surface area contributed by atoms with E-state index in [4.69, 9.17) is 27.9 Å². The third-order valence-corrected chi connectivity index (χ3v) is 7.04. The molecular weight excluding hydrogens is 493 g/mol. The van der Waals surface area contributed by atoms with E-state index in [1.54, 1.807) is 42.7 Å². The van der Waals surface area contributed by atoms with Crippen molar-refractivity contribution in [1.82, 2.24) is 4.57 Å². The minimum absolute atomic E-state index is 0.224. The highest BCUT2D eigenvalue weighted by molar-refractivity contribution is 7.07. The molecule has 0 N–H and O–H groups in total. The van der Waals surface area contributed by atoms with Crippen molar-refractivity contribution in [2.75, 3.05) is 25.6 Å². The third-order valence-electron chi connectivity index (χ3n) is 5.49. The SMILES string of the molecule is CCOC(=O)C1=C(C)N=c2s/c(=C/c3ccc(Cl)cc3Cl)c(=O)n2[C@@H]1c1ccc(N(C)C)cc1. The molecule has 0 unspecified atom stereocenters. The van der Waals surface area contributed by atoms with Gasteiger partial charge in [0.05, 0.1) is 28.5 Å². The standard InChI is InChI=1S/C25H23Cl2N3O3S/c1-5-33-24(32)21-14(2)28-25-30(22(21)15-7-10-18(11-8-15)29(3)4)23(31)20(34-25)12-16-6-9-17(26)13-19(16)27/h6-13,22H,5H2,1-4H3/b20-12+/t22-/m1/s1. The average Bonchev–Trinajstić information content (AvgIpc) is 3.09. The molecule has 0 fully saturated rings. The topological polar surface area (TPSA) is 63.9 Å². The van der Waals surface area contributed by atoms with Crippen LogP contribution in [0.2, 0.25) is 10.0 Å². The zero-order chi connectivity index (χ0) is 24.6. The first kappa shape index (κ1) is 24.3. The number of carbonyl (C=O) groups excluding carboxylic acids is 1. The van der Waals surface area contributed by atoms with Gasteiger partial charge in [-0.2, -0.15) is 0 Å². The second-order valence-electron chi connectivity index (χ2n) is 7.95. The second-order valence-corrected chi connectivity index (χ2v) is 9.81. The summed E-state index contributed by atoms with van der Waals surface area (Å²) in [4.78, 5) is 33.7. The van der Waals surface area contributed by atoms with Crippen LogP contribution in [0.3, 0.4) is 0 Å². The van der Waals surface area contributed by atoms with E-state index in [-0.39, 0.29) is 12.2 Å². The van der Waals surface area contributed by atoms with Crippen LogP contribution in [0.25, 0.3) is 6.08 Å². The summed E-state index contributed by atoms with van der Waals surface area (Å²) >= 11 is 13.6. The van der Waals surface area contributed by atoms with Crippen LogP contribution in [0, 0.1) is 0 Å². The number of allylic oxidation sites excluding steroid dienone is 1. The summed E-state index contributed by atoms with van der Waals surface area (Å²) in [5.74, 6) is -0.486. The molecule has 4 rings (SSSR count). The van der Waals surface area contributed by atoms with E-state index in [0.717, 1.165) is 11.3 Å². The van der Waals surface area contributed by atoms with Crippen molar-refractivity contribution in [3.05, 3.63) is 94.6 Å². The summed E-state index contributed by atoms with van der Waals surface area (Å²) in [5, 5.41) is 0.956. The molecule has 0 bridgehead atoms. The maximum atomic E-state index is 13.6. The highest BCUT2D eigenvalue weighted by Gasteiger charge is 2.33. The van der Waals surface area contributed by atoms with Gasteiger partial charge in [-0.15, -0.1) is 0 Å². The zero-order valence-corrected chi connectivity index (χ0v) is 21.5. The fourth-order valence-corrected chi connectivity index (χ4v) is 5.32. The van der Waals surface area contributed by atoms with E-state index in [0.29, 0.717) is 36.2 Å². The summed E-state index contributed by atoms with van der Waals surface area (Å²) in [6.07, 6.45) is 1.72. The number of ether oxygens (including phenoxy) is 1. The lowest BCUT2D eigenvalue weighted by Crippen LogP contribution is -2.39. The minimum atomic E-state index is -0.658. The molecule has 0 spiro atoms. The molecule has 0 amide bonds. The van der Waals surface area contributed by atoms with Crippen LogP contribution in [0.15, 0.2) is 63.5 Å². The normalized spacial score (nSPS) is 15.7. The fraction of sp³-hybridized carbons (Fsp3) is 0.240. The third kappa shape index (κ3) is 4.56. The Morgan fingerprint density at radius 3 is 2.53 bits per heavy atom. The molecule has 176 valence electrons. The predicted octanol–water partition coefficient (Wildman–Crippen LogP) is 4.17. The Morgan fingerprint density at radius 1 is 1.21 bits per heavy atom. The van der Waals surface area contributed by atoms with Crippen LogP contribution in [0.1, 0.15) is 31.0 Å². The minimum Gasteiger partial charge on any atom is -0.463 e. The number of thiazole rings is 1. The Morgan fingerprint density at radius 2 is 1.91 bits per heavy atom. The molecule has 6 nitrogen and oxygen atoms in total. The molecule has 3 aromatic rings. The predicted molar refractivity (Wildman–Crippen MR) is 138 cm³/mol. The van der Waals surface area contributed by atoms with Gasteiger partial charge in [0.25, 0.3) is 5.56 Å². The van der Waals surface area contributed by atoms with E-state index < -0.39 is 12.0 Å². The number of hydrogen-bond acceptors (Lipinski definition) is 6. The summed E-state index contributed by atoms with van der Waals surface area (Å²) in [6, 6.07) is 12.2. The molecule has 0 saturated heterocycles. The van der Waals surface area contributed by atoms with Crippen LogP contribution >= 0.6 is 34.5 Å². The number of anilines is 1. The van der Waals surface area contributed by atoms with Crippen LogP contribution < -0.4 is 19.8 Å². The van der Waals surface area contributed by atoms with Crippen LogP contribution in [0.4, 0.5) is 5.69 Å². The Kier molecular flexibility index (Phi) is 6.98. The van der Waals surface area contributed by atoms with Gasteiger partial charge in [0, 0.05) is 29.8 Å². The number of benzene rings is 2. The first-order valence-corrected chi connectivity index (χ1v) is 12.2. The van der Waals surface area contributed by atoms with Crippen molar-refractivity contribution in [3.63, 3.8) is 0 Å². The summed E-state index contributed by atoms with van der Waals surface area (Å²) in [6.45, 7) is 3.74. The maximum Gasteiger partial charge on any atom is 0.338 e.